The molecule has 0 fully saturated rings. The number of rotatable bonds is 2. The number of nitrogens with zero attached hydrogens (tertiary/aromatic N) is 2. The lowest BCUT2D eigenvalue weighted by Crippen LogP contribution is -2.61. The maximum atomic E-state index is 7.34. The first-order valence-electron chi connectivity index (χ1n) is 21.7. The summed E-state index contributed by atoms with van der Waals surface area (Å²) >= 11 is 1.90. The number of furan rings is 1. The van der Waals surface area contributed by atoms with Gasteiger partial charge in [0, 0.05) is 53.9 Å². The molecule has 0 bridgehead atoms. The van der Waals surface area contributed by atoms with E-state index in [0.29, 0.717) is 0 Å². The summed E-state index contributed by atoms with van der Waals surface area (Å²) in [4.78, 5) is 5.21. The molecular formula is C55H49BN2OS. The van der Waals surface area contributed by atoms with Gasteiger partial charge in [0.25, 0.3) is 0 Å². The van der Waals surface area contributed by atoms with E-state index < -0.39 is 0 Å². The van der Waals surface area contributed by atoms with Crippen LogP contribution in [0.4, 0.5) is 28.4 Å². The lowest BCUT2D eigenvalue weighted by atomic mass is 9.45. The van der Waals surface area contributed by atoms with Crippen LogP contribution >= 0.6 is 11.3 Å². The van der Waals surface area contributed by atoms with E-state index in [2.05, 4.69) is 192 Å². The van der Waals surface area contributed by atoms with E-state index >= 15 is 0 Å². The zero-order valence-corrected chi connectivity index (χ0v) is 36.6. The fourth-order valence-electron chi connectivity index (χ4n) is 11.1. The van der Waals surface area contributed by atoms with Crippen LogP contribution in [-0.4, -0.2) is 6.85 Å². The zero-order chi connectivity index (χ0) is 41.0. The lowest BCUT2D eigenvalue weighted by Gasteiger charge is -2.46. The van der Waals surface area contributed by atoms with E-state index in [0.717, 1.165) is 34.4 Å². The van der Waals surface area contributed by atoms with Gasteiger partial charge in [0.05, 0.1) is 5.69 Å². The van der Waals surface area contributed by atoms with Gasteiger partial charge in [-0.25, -0.2) is 0 Å². The number of thiophene rings is 1. The van der Waals surface area contributed by atoms with Crippen molar-refractivity contribution in [1.82, 2.24) is 0 Å². The Hall–Kier alpha value is -5.78. The molecule has 0 radical (unpaired) electrons. The first-order valence-corrected chi connectivity index (χ1v) is 22.5. The monoisotopic (exact) mass is 796 g/mol. The molecule has 0 saturated carbocycles. The third-order valence-corrected chi connectivity index (χ3v) is 15.5. The molecule has 2 aromatic heterocycles. The summed E-state index contributed by atoms with van der Waals surface area (Å²) in [6, 6.07) is 48.4. The fraction of sp³-hybridized carbons (Fsp3) is 0.236. The Morgan fingerprint density at radius 3 is 2.05 bits per heavy atom. The minimum atomic E-state index is -0.220. The minimum Gasteiger partial charge on any atom is -0.466 e. The van der Waals surface area contributed by atoms with Gasteiger partial charge in [-0.1, -0.05) is 121 Å². The average molecular weight is 797 g/mol. The predicted molar refractivity (Wildman–Crippen MR) is 259 cm³/mol. The maximum Gasteiger partial charge on any atom is 0.375 e. The molecule has 12 rings (SSSR count). The molecule has 3 aliphatic rings. The number of hydrogen-bond donors (Lipinski definition) is 0. The number of benzene rings is 7. The second-order valence-electron chi connectivity index (χ2n) is 20.0. The van der Waals surface area contributed by atoms with Gasteiger partial charge in [-0.2, -0.15) is 0 Å². The van der Waals surface area contributed by atoms with Crippen molar-refractivity contribution in [1.29, 1.82) is 0 Å². The fourth-order valence-corrected chi connectivity index (χ4v) is 12.2. The molecule has 0 atom stereocenters. The summed E-state index contributed by atoms with van der Waals surface area (Å²) < 4.78 is 9.96. The lowest BCUT2D eigenvalue weighted by molar-refractivity contribution is 0.332. The van der Waals surface area contributed by atoms with Gasteiger partial charge in [-0.3, -0.25) is 0 Å². The van der Waals surface area contributed by atoms with E-state index in [4.69, 9.17) is 4.42 Å². The first-order chi connectivity index (χ1) is 28.8. The van der Waals surface area contributed by atoms with Crippen LogP contribution in [0.25, 0.3) is 53.0 Å². The van der Waals surface area contributed by atoms with Gasteiger partial charge in [0.2, 0.25) is 0 Å². The molecule has 0 saturated heterocycles. The molecule has 4 heterocycles. The number of anilines is 5. The highest BCUT2D eigenvalue weighted by atomic mass is 32.1. The molecule has 5 heteroatoms. The molecule has 0 spiro atoms. The van der Waals surface area contributed by atoms with E-state index in [1.54, 1.807) is 0 Å². The third-order valence-electron chi connectivity index (χ3n) is 14.4. The largest absolute Gasteiger partial charge is 0.466 e. The van der Waals surface area contributed by atoms with Gasteiger partial charge >= 0.3 is 6.85 Å². The highest BCUT2D eigenvalue weighted by molar-refractivity contribution is 7.26. The standard InChI is InChI=1S/C55H49BN2OS/c1-32-29-39-40(55(7,8)28-27-54(39,5)6)31-42(32)57-43-30-33-15-9-10-16-36(33)48-49-41(25-26-46-47(49)38-18-12-14-20-45(38)60-46)58(35-23-21-34(22-24-35)53(2,3)4)56(50(43)48)52-51(57)37-17-11-13-19-44(37)59-52/h9-26,29-31H,27-28H2,1-8H3. The molecule has 7 aromatic carbocycles. The summed E-state index contributed by atoms with van der Waals surface area (Å²) in [5.74, 6) is 0. The summed E-state index contributed by atoms with van der Waals surface area (Å²) in [6.45, 7) is 18.8. The van der Waals surface area contributed by atoms with E-state index in [9.17, 15) is 0 Å². The summed E-state index contributed by atoms with van der Waals surface area (Å²) in [6.07, 6.45) is 2.34. The first kappa shape index (κ1) is 36.1. The Morgan fingerprint density at radius 2 is 1.30 bits per heavy atom. The molecule has 9 aromatic rings. The van der Waals surface area contributed by atoms with Crippen LogP contribution in [0.15, 0.2) is 132 Å². The molecule has 0 amide bonds. The Kier molecular flexibility index (Phi) is 7.32. The van der Waals surface area contributed by atoms with Crippen LogP contribution in [0.3, 0.4) is 0 Å². The van der Waals surface area contributed by atoms with Gasteiger partial charge in [0.15, 0.2) is 0 Å². The van der Waals surface area contributed by atoms with E-state index in [1.165, 1.54) is 93.3 Å². The van der Waals surface area contributed by atoms with Crippen molar-refractivity contribution >= 4 is 99.7 Å². The van der Waals surface area contributed by atoms with Gasteiger partial charge < -0.3 is 14.1 Å². The van der Waals surface area contributed by atoms with Gasteiger partial charge in [0.1, 0.15) is 11.2 Å². The normalized spacial score (nSPS) is 16.4. The smallest absolute Gasteiger partial charge is 0.375 e. The van der Waals surface area contributed by atoms with Crippen LogP contribution < -0.4 is 20.8 Å². The highest BCUT2D eigenvalue weighted by Gasteiger charge is 2.50. The van der Waals surface area contributed by atoms with Crippen molar-refractivity contribution in [2.75, 3.05) is 9.71 Å². The minimum absolute atomic E-state index is 0.0343. The second-order valence-corrected chi connectivity index (χ2v) is 21.1. The zero-order valence-electron chi connectivity index (χ0n) is 35.8. The topological polar surface area (TPSA) is 19.6 Å². The Bertz CT molecular complexity index is 3290. The van der Waals surface area contributed by atoms with Crippen LogP contribution in [0.5, 0.6) is 0 Å². The molecular weight excluding hydrogens is 747 g/mol. The summed E-state index contributed by atoms with van der Waals surface area (Å²) in [7, 11) is 0. The quantitative estimate of drug-likeness (QED) is 0.163. The molecule has 0 unspecified atom stereocenters. The Morgan fingerprint density at radius 1 is 0.633 bits per heavy atom. The number of hydrogen-bond acceptors (Lipinski definition) is 4. The van der Waals surface area contributed by atoms with Crippen LogP contribution in [0.1, 0.15) is 83.6 Å². The Labute approximate surface area is 357 Å². The number of aryl methyl sites for hydroxylation is 1. The van der Waals surface area contributed by atoms with Gasteiger partial charge in [-0.05, 0) is 135 Å². The van der Waals surface area contributed by atoms with Crippen molar-refractivity contribution in [3.63, 3.8) is 0 Å². The van der Waals surface area contributed by atoms with Gasteiger partial charge in [-0.15, -0.1) is 11.3 Å². The Balaban J connectivity index is 1.26. The molecule has 294 valence electrons. The van der Waals surface area contributed by atoms with Crippen molar-refractivity contribution in [2.45, 2.75) is 84.5 Å². The van der Waals surface area contributed by atoms with E-state index in [1.807, 2.05) is 11.3 Å². The molecule has 1 aliphatic carbocycles. The van der Waals surface area contributed by atoms with Crippen molar-refractivity contribution in [3.8, 4) is 11.1 Å². The highest BCUT2D eigenvalue weighted by Crippen LogP contribution is 2.56. The molecule has 0 N–H and O–H groups in total. The van der Waals surface area contributed by atoms with Crippen LogP contribution in [0.2, 0.25) is 0 Å². The van der Waals surface area contributed by atoms with E-state index in [-0.39, 0.29) is 23.1 Å². The van der Waals surface area contributed by atoms with Crippen LogP contribution in [-0.2, 0) is 16.2 Å². The predicted octanol–water partition coefficient (Wildman–Crippen LogP) is 14.6. The van der Waals surface area contributed by atoms with Crippen molar-refractivity contribution in [3.05, 3.63) is 150 Å². The van der Waals surface area contributed by atoms with Crippen molar-refractivity contribution in [2.24, 2.45) is 0 Å². The van der Waals surface area contributed by atoms with Crippen molar-refractivity contribution < 1.29 is 4.42 Å². The molecule has 2 aliphatic heterocycles. The number of para-hydroxylation sites is 1. The maximum absolute atomic E-state index is 7.34. The molecule has 3 nitrogen and oxygen atoms in total. The van der Waals surface area contributed by atoms with Crippen LogP contribution in [0, 0.1) is 6.92 Å². The third kappa shape index (κ3) is 4.90. The summed E-state index contributed by atoms with van der Waals surface area (Å²) in [5.41, 5.74) is 17.5. The number of fused-ring (bicyclic) bond motifs is 13. The summed E-state index contributed by atoms with van der Waals surface area (Å²) in [5, 5.41) is 6.30. The average Bonchev–Trinajstić information content (AvgIpc) is 3.81. The molecule has 60 heavy (non-hydrogen) atoms. The SMILES string of the molecule is Cc1cc2c(cc1N1c3cc4ccccc4c4c3B(c3oc5ccccc5c31)N(c1ccc(C(C)(C)C)cc1)c1ccc3sc5ccccc5c3c1-4)C(C)(C)CCC2(C)C. The second kappa shape index (κ2) is 12.2.